The molecule has 4 heteroatoms. The highest BCUT2D eigenvalue weighted by Gasteiger charge is 2.04. The van der Waals surface area contributed by atoms with Gasteiger partial charge < -0.3 is 4.74 Å². The molecule has 1 rings (SSSR count). The van der Waals surface area contributed by atoms with Gasteiger partial charge in [-0.15, -0.1) is 11.8 Å². The topological polar surface area (TPSA) is 9.23 Å². The maximum atomic E-state index is 5.09. The summed E-state index contributed by atoms with van der Waals surface area (Å²) in [6, 6.07) is 2.06. The molecule has 0 spiro atoms. The number of methoxy groups -OCH3 is 1. The van der Waals surface area contributed by atoms with Crippen molar-refractivity contribution in [2.24, 2.45) is 0 Å². The fourth-order valence-corrected chi connectivity index (χ4v) is 2.90. The monoisotopic (exact) mass is 238 g/mol. The average molecular weight is 239 g/mol. The molecular formula is C6H7BrOS2. The maximum Gasteiger partial charge on any atom is 0.189 e. The lowest BCUT2D eigenvalue weighted by Crippen LogP contribution is -1.75. The summed E-state index contributed by atoms with van der Waals surface area (Å²) in [5.74, 6) is 0. The molecule has 10 heavy (non-hydrogen) atoms. The van der Waals surface area contributed by atoms with Crippen molar-refractivity contribution < 1.29 is 4.74 Å². The number of halogens is 1. The molecule has 0 saturated carbocycles. The van der Waals surface area contributed by atoms with Crippen molar-refractivity contribution in [3.63, 3.8) is 0 Å². The summed E-state index contributed by atoms with van der Waals surface area (Å²) in [6.45, 7) is 0. The van der Waals surface area contributed by atoms with E-state index in [1.54, 1.807) is 30.2 Å². The summed E-state index contributed by atoms with van der Waals surface area (Å²) in [6.07, 6.45) is 2.05. The van der Waals surface area contributed by atoms with Gasteiger partial charge in [0.05, 0.1) is 15.8 Å². The van der Waals surface area contributed by atoms with Gasteiger partial charge in [0, 0.05) is 0 Å². The molecule has 56 valence electrons. The first kappa shape index (κ1) is 8.43. The van der Waals surface area contributed by atoms with Crippen LogP contribution in [0.1, 0.15) is 0 Å². The van der Waals surface area contributed by atoms with Gasteiger partial charge in [-0.2, -0.15) is 0 Å². The van der Waals surface area contributed by atoms with Gasteiger partial charge in [-0.25, -0.2) is 0 Å². The number of rotatable bonds is 2. The number of ether oxygens (including phenoxy) is 1. The van der Waals surface area contributed by atoms with Gasteiger partial charge in [-0.1, -0.05) is 11.3 Å². The summed E-state index contributed by atoms with van der Waals surface area (Å²) in [4.78, 5) is 0. The van der Waals surface area contributed by atoms with Gasteiger partial charge in [0.1, 0.15) is 0 Å². The fourth-order valence-electron chi connectivity index (χ4n) is 0.572. The lowest BCUT2D eigenvalue weighted by atomic mass is 10.6. The Morgan fingerprint density at radius 1 is 1.70 bits per heavy atom. The zero-order chi connectivity index (χ0) is 7.56. The third-order valence-corrected chi connectivity index (χ3v) is 4.03. The predicted octanol–water partition coefficient (Wildman–Crippen LogP) is 3.24. The molecule has 0 aliphatic carbocycles. The van der Waals surface area contributed by atoms with Crippen LogP contribution in [0.3, 0.4) is 0 Å². The van der Waals surface area contributed by atoms with Crippen LogP contribution in [0.2, 0.25) is 0 Å². The molecule has 0 aromatic carbocycles. The second kappa shape index (κ2) is 3.64. The SMILES string of the molecule is COc1sc(SC)cc1Br. The van der Waals surface area contributed by atoms with Crippen LogP contribution in [-0.4, -0.2) is 13.4 Å². The van der Waals surface area contributed by atoms with Crippen molar-refractivity contribution in [2.45, 2.75) is 4.21 Å². The van der Waals surface area contributed by atoms with E-state index in [0.29, 0.717) is 0 Å². The van der Waals surface area contributed by atoms with Crippen molar-refractivity contribution in [3.05, 3.63) is 10.5 Å². The van der Waals surface area contributed by atoms with E-state index in [-0.39, 0.29) is 0 Å². The molecule has 0 radical (unpaired) electrons. The van der Waals surface area contributed by atoms with E-state index in [4.69, 9.17) is 4.74 Å². The highest BCUT2D eigenvalue weighted by Crippen LogP contribution is 2.38. The molecule has 0 saturated heterocycles. The summed E-state index contributed by atoms with van der Waals surface area (Å²) in [5.41, 5.74) is 0. The van der Waals surface area contributed by atoms with Crippen LogP contribution in [0, 0.1) is 0 Å². The standard InChI is InChI=1S/C6H7BrOS2/c1-8-6-4(7)3-5(9-2)10-6/h3H,1-2H3. The van der Waals surface area contributed by atoms with E-state index in [1.807, 2.05) is 0 Å². The Morgan fingerprint density at radius 3 is 2.70 bits per heavy atom. The molecule has 0 unspecified atom stereocenters. The van der Waals surface area contributed by atoms with E-state index in [1.165, 1.54) is 4.21 Å². The quantitative estimate of drug-likeness (QED) is 0.732. The van der Waals surface area contributed by atoms with Crippen LogP contribution in [0.25, 0.3) is 0 Å². The molecule has 1 aromatic rings. The summed E-state index contributed by atoms with van der Waals surface area (Å²) >= 11 is 6.77. The van der Waals surface area contributed by atoms with E-state index in [2.05, 4.69) is 28.3 Å². The van der Waals surface area contributed by atoms with Crippen LogP contribution < -0.4 is 4.74 Å². The van der Waals surface area contributed by atoms with Gasteiger partial charge in [0.2, 0.25) is 0 Å². The molecule has 0 aliphatic heterocycles. The lowest BCUT2D eigenvalue weighted by molar-refractivity contribution is 0.425. The van der Waals surface area contributed by atoms with Crippen LogP contribution in [0.15, 0.2) is 14.7 Å². The van der Waals surface area contributed by atoms with Crippen molar-refractivity contribution in [1.29, 1.82) is 0 Å². The minimum Gasteiger partial charge on any atom is -0.486 e. The molecule has 0 amide bonds. The number of thioether (sulfide) groups is 1. The van der Waals surface area contributed by atoms with E-state index >= 15 is 0 Å². The first-order valence-electron chi connectivity index (χ1n) is 2.65. The summed E-state index contributed by atoms with van der Waals surface area (Å²) in [5, 5.41) is 0.948. The average Bonchev–Trinajstić information content (AvgIpc) is 2.30. The smallest absolute Gasteiger partial charge is 0.189 e. The van der Waals surface area contributed by atoms with Crippen molar-refractivity contribution >= 4 is 39.0 Å². The zero-order valence-corrected chi connectivity index (χ0v) is 8.90. The Morgan fingerprint density at radius 2 is 2.40 bits per heavy atom. The van der Waals surface area contributed by atoms with Gasteiger partial charge in [0.25, 0.3) is 0 Å². The van der Waals surface area contributed by atoms with Gasteiger partial charge in [-0.3, -0.25) is 0 Å². The van der Waals surface area contributed by atoms with Crippen LogP contribution >= 0.6 is 39.0 Å². The lowest BCUT2D eigenvalue weighted by Gasteiger charge is -1.91. The summed E-state index contributed by atoms with van der Waals surface area (Å²) < 4.78 is 7.40. The highest BCUT2D eigenvalue weighted by atomic mass is 79.9. The largest absolute Gasteiger partial charge is 0.486 e. The molecule has 1 heterocycles. The number of thiophene rings is 1. The van der Waals surface area contributed by atoms with Gasteiger partial charge in [0.15, 0.2) is 5.06 Å². The normalized spacial score (nSPS) is 9.90. The number of hydrogen-bond donors (Lipinski definition) is 0. The van der Waals surface area contributed by atoms with Crippen LogP contribution in [0.5, 0.6) is 5.06 Å². The van der Waals surface area contributed by atoms with Crippen LogP contribution in [-0.2, 0) is 0 Å². The van der Waals surface area contributed by atoms with Crippen molar-refractivity contribution in [3.8, 4) is 5.06 Å². The minimum atomic E-state index is 0.948. The third kappa shape index (κ3) is 1.68. The fraction of sp³-hybridized carbons (Fsp3) is 0.333. The number of hydrogen-bond acceptors (Lipinski definition) is 3. The second-order valence-electron chi connectivity index (χ2n) is 1.61. The molecule has 0 N–H and O–H groups in total. The van der Waals surface area contributed by atoms with E-state index in [9.17, 15) is 0 Å². The Bertz CT molecular complexity index is 222. The summed E-state index contributed by atoms with van der Waals surface area (Å²) in [7, 11) is 1.68. The molecule has 0 bridgehead atoms. The third-order valence-electron chi connectivity index (χ3n) is 1.02. The predicted molar refractivity (Wildman–Crippen MR) is 50.4 cm³/mol. The van der Waals surface area contributed by atoms with E-state index < -0.39 is 0 Å². The van der Waals surface area contributed by atoms with Gasteiger partial charge in [-0.05, 0) is 28.3 Å². The molecule has 0 aliphatic rings. The van der Waals surface area contributed by atoms with Crippen molar-refractivity contribution in [2.75, 3.05) is 13.4 Å². The Labute approximate surface area is 76.9 Å². The first-order chi connectivity index (χ1) is 4.77. The Balaban J connectivity index is 2.92. The first-order valence-corrected chi connectivity index (χ1v) is 5.48. The van der Waals surface area contributed by atoms with E-state index in [0.717, 1.165) is 9.54 Å². The van der Waals surface area contributed by atoms with Crippen LogP contribution in [0.4, 0.5) is 0 Å². The maximum absolute atomic E-state index is 5.09. The Hall–Kier alpha value is 0.330. The van der Waals surface area contributed by atoms with Crippen molar-refractivity contribution in [1.82, 2.24) is 0 Å². The molecular weight excluding hydrogens is 232 g/mol. The second-order valence-corrected chi connectivity index (χ2v) is 4.58. The Kier molecular flexibility index (Phi) is 3.07. The molecule has 0 fully saturated rings. The highest BCUT2D eigenvalue weighted by molar-refractivity contribution is 9.10. The van der Waals surface area contributed by atoms with Gasteiger partial charge >= 0.3 is 0 Å². The molecule has 1 aromatic heterocycles. The zero-order valence-electron chi connectivity index (χ0n) is 5.68. The molecule has 0 atom stereocenters. The minimum absolute atomic E-state index is 0.948. The molecule has 1 nitrogen and oxygen atoms in total.